The van der Waals surface area contributed by atoms with Gasteiger partial charge in [-0.25, -0.2) is 9.97 Å². The number of halogens is 1. The Kier molecular flexibility index (Phi) is 5.93. The van der Waals surface area contributed by atoms with Crippen molar-refractivity contribution in [3.8, 4) is 5.88 Å². The maximum atomic E-state index is 5.88. The van der Waals surface area contributed by atoms with Crippen molar-refractivity contribution < 1.29 is 4.74 Å². The molecule has 0 radical (unpaired) electrons. The molecule has 90 valence electrons. The maximum Gasteiger partial charge on any atom is 0.237 e. The molecule has 0 amide bonds. The number of ether oxygens (including phenoxy) is 1. The molecule has 0 spiro atoms. The fourth-order valence-corrected chi connectivity index (χ4v) is 1.49. The molecule has 0 aliphatic carbocycles. The van der Waals surface area contributed by atoms with Crippen molar-refractivity contribution in [1.29, 1.82) is 0 Å². The molecule has 0 aliphatic rings. The monoisotopic (exact) mass is 243 g/mol. The number of hydrogen-bond acceptors (Lipinski definition) is 4. The lowest BCUT2D eigenvalue weighted by atomic mass is 10.2. The van der Waals surface area contributed by atoms with Crippen molar-refractivity contribution in [1.82, 2.24) is 9.97 Å². The predicted octanol–water partition coefficient (Wildman–Crippen LogP) is 3.06. The van der Waals surface area contributed by atoms with E-state index in [1.807, 2.05) is 0 Å². The minimum absolute atomic E-state index is 0.262. The number of nitrogens with two attached hydrogens (primary N) is 1. The van der Waals surface area contributed by atoms with Gasteiger partial charge in [-0.1, -0.05) is 44.2 Å². The summed E-state index contributed by atoms with van der Waals surface area (Å²) in [7, 11) is 0. The smallest absolute Gasteiger partial charge is 0.237 e. The second-order valence-electron chi connectivity index (χ2n) is 3.64. The van der Waals surface area contributed by atoms with E-state index in [0.29, 0.717) is 17.5 Å². The van der Waals surface area contributed by atoms with Gasteiger partial charge in [0.15, 0.2) is 0 Å². The van der Waals surface area contributed by atoms with E-state index < -0.39 is 0 Å². The van der Waals surface area contributed by atoms with Gasteiger partial charge in [-0.05, 0) is 6.42 Å². The normalized spacial score (nSPS) is 10.4. The zero-order valence-corrected chi connectivity index (χ0v) is 10.3. The predicted molar refractivity (Wildman–Crippen MR) is 65.7 cm³/mol. The molecule has 5 heteroatoms. The fourth-order valence-electron chi connectivity index (χ4n) is 1.34. The second-order valence-corrected chi connectivity index (χ2v) is 4.02. The van der Waals surface area contributed by atoms with Gasteiger partial charge in [-0.3, -0.25) is 0 Å². The van der Waals surface area contributed by atoms with Crippen molar-refractivity contribution in [2.24, 2.45) is 0 Å². The molecule has 0 fully saturated rings. The fraction of sp³-hybridized carbons (Fsp3) is 0.636. The van der Waals surface area contributed by atoms with E-state index >= 15 is 0 Å². The summed E-state index contributed by atoms with van der Waals surface area (Å²) < 4.78 is 5.43. The van der Waals surface area contributed by atoms with E-state index in [1.165, 1.54) is 32.0 Å². The summed E-state index contributed by atoms with van der Waals surface area (Å²) in [4.78, 5) is 7.69. The molecule has 4 nitrogen and oxygen atoms in total. The standard InChI is InChI=1S/C11H18ClN3O/c1-2-3-4-5-6-7-16-11-9(12)10(13)14-8-15-11/h8H,2-7H2,1H3,(H2,13,14,15). The lowest BCUT2D eigenvalue weighted by molar-refractivity contribution is 0.293. The first-order chi connectivity index (χ1) is 7.75. The average molecular weight is 244 g/mol. The molecule has 1 rings (SSSR count). The number of unbranched alkanes of at least 4 members (excludes halogenated alkanes) is 4. The van der Waals surface area contributed by atoms with Crippen molar-refractivity contribution in [2.75, 3.05) is 12.3 Å². The molecule has 0 bridgehead atoms. The van der Waals surface area contributed by atoms with Crippen molar-refractivity contribution >= 4 is 17.4 Å². The first-order valence-corrected chi connectivity index (χ1v) is 6.02. The van der Waals surface area contributed by atoms with Crippen LogP contribution < -0.4 is 10.5 Å². The Morgan fingerprint density at radius 1 is 1.25 bits per heavy atom. The molecule has 0 unspecified atom stereocenters. The van der Waals surface area contributed by atoms with Crippen LogP contribution in [0.25, 0.3) is 0 Å². The summed E-state index contributed by atoms with van der Waals surface area (Å²) in [5.74, 6) is 0.641. The number of anilines is 1. The van der Waals surface area contributed by atoms with Gasteiger partial charge < -0.3 is 10.5 Å². The van der Waals surface area contributed by atoms with Gasteiger partial charge in [-0.15, -0.1) is 0 Å². The van der Waals surface area contributed by atoms with Crippen LogP contribution in [-0.4, -0.2) is 16.6 Å². The molecule has 16 heavy (non-hydrogen) atoms. The first-order valence-electron chi connectivity index (χ1n) is 5.64. The van der Waals surface area contributed by atoms with Gasteiger partial charge in [0.05, 0.1) is 6.61 Å². The minimum Gasteiger partial charge on any atom is -0.476 e. The molecule has 0 aromatic carbocycles. The second kappa shape index (κ2) is 7.28. The molecular weight excluding hydrogens is 226 g/mol. The van der Waals surface area contributed by atoms with Gasteiger partial charge in [0, 0.05) is 0 Å². The SMILES string of the molecule is CCCCCCCOc1ncnc(N)c1Cl. The Morgan fingerprint density at radius 3 is 2.75 bits per heavy atom. The highest BCUT2D eigenvalue weighted by molar-refractivity contribution is 6.33. The number of aromatic nitrogens is 2. The molecule has 2 N–H and O–H groups in total. The number of rotatable bonds is 7. The lowest BCUT2D eigenvalue weighted by Gasteiger charge is -2.07. The quantitative estimate of drug-likeness (QED) is 0.748. The first kappa shape index (κ1) is 13.0. The highest BCUT2D eigenvalue weighted by Crippen LogP contribution is 2.25. The van der Waals surface area contributed by atoms with Crippen LogP contribution in [0.3, 0.4) is 0 Å². The van der Waals surface area contributed by atoms with Gasteiger partial charge in [0.25, 0.3) is 0 Å². The number of nitrogens with zero attached hydrogens (tertiary/aromatic N) is 2. The highest BCUT2D eigenvalue weighted by atomic mass is 35.5. The summed E-state index contributed by atoms with van der Waals surface area (Å²) >= 11 is 5.88. The van der Waals surface area contributed by atoms with E-state index in [2.05, 4.69) is 16.9 Å². The van der Waals surface area contributed by atoms with Crippen molar-refractivity contribution in [3.05, 3.63) is 11.3 Å². The molecule has 1 heterocycles. The van der Waals surface area contributed by atoms with Gasteiger partial charge in [0.2, 0.25) is 5.88 Å². The van der Waals surface area contributed by atoms with Crippen LogP contribution in [0.5, 0.6) is 5.88 Å². The molecule has 1 aromatic rings. The average Bonchev–Trinajstić information content (AvgIpc) is 2.29. The minimum atomic E-state index is 0.262. The van der Waals surface area contributed by atoms with E-state index in [4.69, 9.17) is 22.1 Å². The topological polar surface area (TPSA) is 61.0 Å². The highest BCUT2D eigenvalue weighted by Gasteiger charge is 2.06. The Hall–Kier alpha value is -1.03. The Labute approximate surface area is 101 Å². The summed E-state index contributed by atoms with van der Waals surface area (Å²) in [6.07, 6.45) is 7.32. The van der Waals surface area contributed by atoms with Crippen LogP contribution in [0.1, 0.15) is 39.0 Å². The van der Waals surface area contributed by atoms with E-state index in [-0.39, 0.29) is 5.82 Å². The van der Waals surface area contributed by atoms with Crippen LogP contribution in [0, 0.1) is 0 Å². The third-order valence-corrected chi connectivity index (χ3v) is 2.63. The Bertz CT molecular complexity index is 320. The zero-order chi connectivity index (χ0) is 11.8. The summed E-state index contributed by atoms with van der Waals surface area (Å²) in [6, 6.07) is 0. The van der Waals surface area contributed by atoms with Gasteiger partial charge >= 0.3 is 0 Å². The molecule has 0 aliphatic heterocycles. The zero-order valence-electron chi connectivity index (χ0n) is 9.58. The Balaban J connectivity index is 2.24. The van der Waals surface area contributed by atoms with Crippen LogP contribution in [0.15, 0.2) is 6.33 Å². The number of nitrogen functional groups attached to an aromatic ring is 1. The van der Waals surface area contributed by atoms with Gasteiger partial charge in [-0.2, -0.15) is 0 Å². The maximum absolute atomic E-state index is 5.88. The lowest BCUT2D eigenvalue weighted by Crippen LogP contribution is -2.02. The molecule has 1 aromatic heterocycles. The molecule has 0 saturated carbocycles. The molecular formula is C11H18ClN3O. The van der Waals surface area contributed by atoms with E-state index in [9.17, 15) is 0 Å². The van der Waals surface area contributed by atoms with Crippen LogP contribution in [-0.2, 0) is 0 Å². The van der Waals surface area contributed by atoms with Crippen LogP contribution >= 0.6 is 11.6 Å². The summed E-state index contributed by atoms with van der Waals surface area (Å²) in [5.41, 5.74) is 5.53. The largest absolute Gasteiger partial charge is 0.476 e. The van der Waals surface area contributed by atoms with E-state index in [1.54, 1.807) is 0 Å². The third kappa shape index (κ3) is 4.23. The van der Waals surface area contributed by atoms with Gasteiger partial charge in [0.1, 0.15) is 17.2 Å². The third-order valence-electron chi connectivity index (χ3n) is 2.27. The molecule has 0 saturated heterocycles. The summed E-state index contributed by atoms with van der Waals surface area (Å²) in [5, 5.41) is 0.302. The number of hydrogen-bond donors (Lipinski definition) is 1. The van der Waals surface area contributed by atoms with E-state index in [0.717, 1.165) is 6.42 Å². The van der Waals surface area contributed by atoms with Crippen molar-refractivity contribution in [2.45, 2.75) is 39.0 Å². The summed E-state index contributed by atoms with van der Waals surface area (Å²) in [6.45, 7) is 2.82. The van der Waals surface area contributed by atoms with Crippen LogP contribution in [0.4, 0.5) is 5.82 Å². The molecule has 0 atom stereocenters. The van der Waals surface area contributed by atoms with Crippen molar-refractivity contribution in [3.63, 3.8) is 0 Å². The van der Waals surface area contributed by atoms with Crippen LogP contribution in [0.2, 0.25) is 5.02 Å². The Morgan fingerprint density at radius 2 is 2.00 bits per heavy atom.